The predicted octanol–water partition coefficient (Wildman–Crippen LogP) is 3.05. The highest BCUT2D eigenvalue weighted by Crippen LogP contribution is 2.30. The molecule has 1 unspecified atom stereocenters. The summed E-state index contributed by atoms with van der Waals surface area (Å²) >= 11 is 0. The molecule has 1 N–H and O–H groups in total. The standard InChI is InChI=1S/C16H32N2O/c1-6-18(7-2)16(19)13(5)17-15-10-8-14(9-11-15)12(3)4/h12-15,17H,6-11H2,1-5H3. The number of rotatable bonds is 6. The van der Waals surface area contributed by atoms with Gasteiger partial charge in [0.05, 0.1) is 6.04 Å². The molecule has 1 rings (SSSR count). The Morgan fingerprint density at radius 2 is 1.63 bits per heavy atom. The van der Waals surface area contributed by atoms with Crippen LogP contribution in [0, 0.1) is 11.8 Å². The average Bonchev–Trinajstić information content (AvgIpc) is 2.40. The number of hydrogen-bond donors (Lipinski definition) is 1. The minimum atomic E-state index is -0.0412. The van der Waals surface area contributed by atoms with E-state index in [9.17, 15) is 4.79 Å². The molecule has 3 heteroatoms. The summed E-state index contributed by atoms with van der Waals surface area (Å²) in [5.41, 5.74) is 0. The lowest BCUT2D eigenvalue weighted by Gasteiger charge is -2.33. The second kappa shape index (κ2) is 7.88. The Bertz CT molecular complexity index is 266. The fraction of sp³-hybridized carbons (Fsp3) is 0.938. The molecule has 0 aromatic rings. The molecule has 0 saturated heterocycles. The van der Waals surface area contributed by atoms with E-state index in [1.54, 1.807) is 0 Å². The molecule has 112 valence electrons. The zero-order valence-corrected chi connectivity index (χ0v) is 13.4. The van der Waals surface area contributed by atoms with E-state index in [4.69, 9.17) is 0 Å². The van der Waals surface area contributed by atoms with E-state index in [1.807, 2.05) is 25.7 Å². The molecule has 0 aromatic carbocycles. The zero-order chi connectivity index (χ0) is 14.4. The van der Waals surface area contributed by atoms with Gasteiger partial charge in [-0.05, 0) is 58.3 Å². The number of hydrogen-bond acceptors (Lipinski definition) is 2. The van der Waals surface area contributed by atoms with Gasteiger partial charge in [-0.2, -0.15) is 0 Å². The molecule has 0 heterocycles. The van der Waals surface area contributed by atoms with Crippen molar-refractivity contribution in [2.45, 2.75) is 72.4 Å². The first-order valence-corrected chi connectivity index (χ1v) is 8.04. The summed E-state index contributed by atoms with van der Waals surface area (Å²) < 4.78 is 0. The molecule has 1 aliphatic rings. The van der Waals surface area contributed by atoms with Crippen LogP contribution in [0.5, 0.6) is 0 Å². The smallest absolute Gasteiger partial charge is 0.239 e. The molecular weight excluding hydrogens is 236 g/mol. The summed E-state index contributed by atoms with van der Waals surface area (Å²) in [5.74, 6) is 1.93. The van der Waals surface area contributed by atoms with E-state index in [0.29, 0.717) is 6.04 Å². The minimum absolute atomic E-state index is 0.0412. The summed E-state index contributed by atoms with van der Waals surface area (Å²) in [4.78, 5) is 14.1. The van der Waals surface area contributed by atoms with Gasteiger partial charge in [-0.25, -0.2) is 0 Å². The van der Waals surface area contributed by atoms with Crippen molar-refractivity contribution in [3.63, 3.8) is 0 Å². The monoisotopic (exact) mass is 268 g/mol. The van der Waals surface area contributed by atoms with Crippen LogP contribution < -0.4 is 5.32 Å². The van der Waals surface area contributed by atoms with Crippen LogP contribution in [-0.4, -0.2) is 36.0 Å². The molecule has 1 fully saturated rings. The third kappa shape index (κ3) is 4.79. The Morgan fingerprint density at radius 3 is 2.05 bits per heavy atom. The molecule has 0 radical (unpaired) electrons. The van der Waals surface area contributed by atoms with Gasteiger partial charge in [-0.3, -0.25) is 4.79 Å². The maximum Gasteiger partial charge on any atom is 0.239 e. The van der Waals surface area contributed by atoms with Gasteiger partial charge in [-0.15, -0.1) is 0 Å². The normalized spacial score (nSPS) is 25.4. The number of nitrogens with zero attached hydrogens (tertiary/aromatic N) is 1. The van der Waals surface area contributed by atoms with E-state index in [2.05, 4.69) is 19.2 Å². The van der Waals surface area contributed by atoms with E-state index >= 15 is 0 Å². The van der Waals surface area contributed by atoms with Crippen molar-refractivity contribution in [2.24, 2.45) is 11.8 Å². The van der Waals surface area contributed by atoms with Gasteiger partial charge in [-0.1, -0.05) is 13.8 Å². The molecule has 0 aromatic heterocycles. The second-order valence-corrected chi connectivity index (χ2v) is 6.25. The first-order chi connectivity index (χ1) is 8.99. The molecule has 19 heavy (non-hydrogen) atoms. The lowest BCUT2D eigenvalue weighted by atomic mass is 9.79. The highest BCUT2D eigenvalue weighted by atomic mass is 16.2. The van der Waals surface area contributed by atoms with Gasteiger partial charge in [0, 0.05) is 19.1 Å². The average molecular weight is 268 g/mol. The van der Waals surface area contributed by atoms with Crippen LogP contribution in [0.15, 0.2) is 0 Å². The molecule has 0 aliphatic heterocycles. The van der Waals surface area contributed by atoms with Gasteiger partial charge < -0.3 is 10.2 Å². The van der Waals surface area contributed by atoms with Gasteiger partial charge in [0.2, 0.25) is 5.91 Å². The maximum absolute atomic E-state index is 12.2. The highest BCUT2D eigenvalue weighted by molar-refractivity contribution is 5.81. The van der Waals surface area contributed by atoms with Crippen LogP contribution in [0.25, 0.3) is 0 Å². The summed E-state index contributed by atoms with van der Waals surface area (Å²) in [7, 11) is 0. The van der Waals surface area contributed by atoms with Crippen molar-refractivity contribution in [2.75, 3.05) is 13.1 Å². The quantitative estimate of drug-likeness (QED) is 0.803. The van der Waals surface area contributed by atoms with Crippen LogP contribution >= 0.6 is 0 Å². The van der Waals surface area contributed by atoms with Gasteiger partial charge >= 0.3 is 0 Å². The van der Waals surface area contributed by atoms with Gasteiger partial charge in [0.25, 0.3) is 0 Å². The third-order valence-electron chi connectivity index (χ3n) is 4.65. The Hall–Kier alpha value is -0.570. The number of amides is 1. The maximum atomic E-state index is 12.2. The molecule has 3 nitrogen and oxygen atoms in total. The van der Waals surface area contributed by atoms with Crippen molar-refractivity contribution in [1.82, 2.24) is 10.2 Å². The summed E-state index contributed by atoms with van der Waals surface area (Å²) in [6.07, 6.45) is 5.06. The first kappa shape index (κ1) is 16.5. The van der Waals surface area contributed by atoms with Crippen molar-refractivity contribution in [3.8, 4) is 0 Å². The molecule has 0 bridgehead atoms. The first-order valence-electron chi connectivity index (χ1n) is 8.04. The molecule has 1 saturated carbocycles. The van der Waals surface area contributed by atoms with E-state index in [-0.39, 0.29) is 11.9 Å². The third-order valence-corrected chi connectivity index (χ3v) is 4.65. The molecule has 1 aliphatic carbocycles. The van der Waals surface area contributed by atoms with E-state index in [1.165, 1.54) is 25.7 Å². The molecule has 1 amide bonds. The summed E-state index contributed by atoms with van der Waals surface area (Å²) in [5, 5.41) is 3.54. The number of carbonyl (C=O) groups is 1. The minimum Gasteiger partial charge on any atom is -0.342 e. The molecular formula is C16H32N2O. The van der Waals surface area contributed by atoms with Crippen LogP contribution in [-0.2, 0) is 4.79 Å². The SMILES string of the molecule is CCN(CC)C(=O)C(C)NC1CCC(C(C)C)CC1. The summed E-state index contributed by atoms with van der Waals surface area (Å²) in [6.45, 7) is 12.4. The van der Waals surface area contributed by atoms with E-state index < -0.39 is 0 Å². The van der Waals surface area contributed by atoms with Crippen LogP contribution in [0.3, 0.4) is 0 Å². The van der Waals surface area contributed by atoms with Crippen molar-refractivity contribution < 1.29 is 4.79 Å². The number of nitrogens with one attached hydrogen (secondary N) is 1. The Kier molecular flexibility index (Phi) is 6.84. The Balaban J connectivity index is 2.38. The topological polar surface area (TPSA) is 32.3 Å². The van der Waals surface area contributed by atoms with E-state index in [0.717, 1.165) is 24.9 Å². The van der Waals surface area contributed by atoms with Gasteiger partial charge in [0.15, 0.2) is 0 Å². The van der Waals surface area contributed by atoms with Gasteiger partial charge in [0.1, 0.15) is 0 Å². The summed E-state index contributed by atoms with van der Waals surface area (Å²) in [6, 6.07) is 0.491. The van der Waals surface area contributed by atoms with Crippen LogP contribution in [0.1, 0.15) is 60.3 Å². The van der Waals surface area contributed by atoms with Crippen molar-refractivity contribution in [1.29, 1.82) is 0 Å². The molecule has 0 spiro atoms. The lowest BCUT2D eigenvalue weighted by Crippen LogP contribution is -2.49. The predicted molar refractivity (Wildman–Crippen MR) is 81.1 cm³/mol. The van der Waals surface area contributed by atoms with Crippen molar-refractivity contribution in [3.05, 3.63) is 0 Å². The lowest BCUT2D eigenvalue weighted by molar-refractivity contribution is -0.132. The number of likely N-dealkylation sites (N-methyl/N-ethyl adjacent to an activating group) is 1. The Labute approximate surface area is 119 Å². The zero-order valence-electron chi connectivity index (χ0n) is 13.4. The molecule has 1 atom stereocenters. The van der Waals surface area contributed by atoms with Crippen molar-refractivity contribution >= 4 is 5.91 Å². The second-order valence-electron chi connectivity index (χ2n) is 6.25. The highest BCUT2D eigenvalue weighted by Gasteiger charge is 2.26. The van der Waals surface area contributed by atoms with Crippen LogP contribution in [0.2, 0.25) is 0 Å². The van der Waals surface area contributed by atoms with Crippen LogP contribution in [0.4, 0.5) is 0 Å². The Morgan fingerprint density at radius 1 is 1.11 bits per heavy atom. The largest absolute Gasteiger partial charge is 0.342 e. The fourth-order valence-electron chi connectivity index (χ4n) is 3.19. The fourth-order valence-corrected chi connectivity index (χ4v) is 3.19. The number of carbonyl (C=O) groups excluding carboxylic acids is 1.